The maximum Gasteiger partial charge on any atom is 0.287 e. The van der Waals surface area contributed by atoms with Crippen LogP contribution < -0.4 is 10.6 Å². The van der Waals surface area contributed by atoms with Crippen molar-refractivity contribution >= 4 is 11.8 Å². The fourth-order valence-electron chi connectivity index (χ4n) is 3.05. The SMILES string of the molecule is CCC(C)NC(=O)c1nc(C(=O)NCc2ccccn2)n2c1CCCC2. The summed E-state index contributed by atoms with van der Waals surface area (Å²) in [6.07, 6.45) is 5.29. The van der Waals surface area contributed by atoms with Crippen LogP contribution in [0.5, 0.6) is 0 Å². The second kappa shape index (κ2) is 8.12. The molecule has 138 valence electrons. The first-order valence-corrected chi connectivity index (χ1v) is 9.18. The van der Waals surface area contributed by atoms with Crippen LogP contribution in [0.15, 0.2) is 24.4 Å². The Bertz CT molecular complexity index is 785. The topological polar surface area (TPSA) is 88.9 Å². The van der Waals surface area contributed by atoms with Crippen molar-refractivity contribution in [2.75, 3.05) is 0 Å². The van der Waals surface area contributed by atoms with E-state index in [4.69, 9.17) is 0 Å². The smallest absolute Gasteiger partial charge is 0.287 e. The van der Waals surface area contributed by atoms with Crippen LogP contribution in [-0.4, -0.2) is 32.4 Å². The van der Waals surface area contributed by atoms with Gasteiger partial charge in [-0.2, -0.15) is 0 Å². The fourth-order valence-corrected chi connectivity index (χ4v) is 3.05. The Morgan fingerprint density at radius 3 is 2.85 bits per heavy atom. The lowest BCUT2D eigenvalue weighted by Gasteiger charge is -2.17. The number of nitrogens with zero attached hydrogens (tertiary/aromatic N) is 3. The molecular formula is C19H25N5O2. The maximum atomic E-state index is 12.7. The second-order valence-electron chi connectivity index (χ2n) is 6.63. The number of amides is 2. The molecule has 1 aliphatic heterocycles. The predicted octanol–water partition coefficient (Wildman–Crippen LogP) is 2.07. The second-order valence-corrected chi connectivity index (χ2v) is 6.63. The lowest BCUT2D eigenvalue weighted by atomic mass is 10.1. The van der Waals surface area contributed by atoms with Crippen LogP contribution in [-0.2, 0) is 19.5 Å². The molecule has 0 fully saturated rings. The average Bonchev–Trinajstić information content (AvgIpc) is 3.06. The van der Waals surface area contributed by atoms with Crippen LogP contribution in [0.3, 0.4) is 0 Å². The number of hydrogen-bond donors (Lipinski definition) is 2. The van der Waals surface area contributed by atoms with Gasteiger partial charge in [0, 0.05) is 18.8 Å². The number of pyridine rings is 1. The lowest BCUT2D eigenvalue weighted by molar-refractivity contribution is 0.0932. The molecule has 2 aromatic heterocycles. The van der Waals surface area contributed by atoms with Crippen LogP contribution in [0.1, 0.15) is 65.6 Å². The molecular weight excluding hydrogens is 330 g/mol. The molecule has 7 heteroatoms. The van der Waals surface area contributed by atoms with Crippen molar-refractivity contribution in [2.45, 2.75) is 58.7 Å². The Morgan fingerprint density at radius 1 is 1.27 bits per heavy atom. The third-order valence-corrected chi connectivity index (χ3v) is 4.68. The number of imidazole rings is 1. The summed E-state index contributed by atoms with van der Waals surface area (Å²) in [4.78, 5) is 33.8. The molecule has 0 radical (unpaired) electrons. The van der Waals surface area contributed by atoms with Gasteiger partial charge in [-0.25, -0.2) is 4.98 Å². The number of carbonyl (C=O) groups is 2. The van der Waals surface area contributed by atoms with E-state index in [0.29, 0.717) is 24.6 Å². The normalized spacial score (nSPS) is 14.4. The summed E-state index contributed by atoms with van der Waals surface area (Å²) in [6.45, 7) is 5.02. The highest BCUT2D eigenvalue weighted by Crippen LogP contribution is 2.21. The van der Waals surface area contributed by atoms with E-state index in [1.807, 2.05) is 36.6 Å². The molecule has 2 N–H and O–H groups in total. The zero-order valence-electron chi connectivity index (χ0n) is 15.3. The van der Waals surface area contributed by atoms with Gasteiger partial charge in [0.25, 0.3) is 11.8 Å². The van der Waals surface area contributed by atoms with Gasteiger partial charge >= 0.3 is 0 Å². The first-order valence-electron chi connectivity index (χ1n) is 9.18. The van der Waals surface area contributed by atoms with E-state index in [1.54, 1.807) is 6.20 Å². The molecule has 1 unspecified atom stereocenters. The molecule has 1 atom stereocenters. The zero-order chi connectivity index (χ0) is 18.5. The number of aromatic nitrogens is 3. The van der Waals surface area contributed by atoms with Crippen molar-refractivity contribution < 1.29 is 9.59 Å². The third-order valence-electron chi connectivity index (χ3n) is 4.68. The summed E-state index contributed by atoms with van der Waals surface area (Å²) in [5, 5.41) is 5.80. The Morgan fingerprint density at radius 2 is 2.12 bits per heavy atom. The maximum absolute atomic E-state index is 12.7. The van der Waals surface area contributed by atoms with E-state index in [2.05, 4.69) is 20.6 Å². The standard InChI is InChI=1S/C19H25N5O2/c1-3-13(2)22-18(25)16-15-9-5-7-11-24(15)17(23-16)19(26)21-12-14-8-4-6-10-20-14/h4,6,8,10,13H,3,5,7,9,11-12H2,1-2H3,(H,21,26)(H,22,25). The minimum atomic E-state index is -0.276. The van der Waals surface area contributed by atoms with Crippen LogP contribution in [0.2, 0.25) is 0 Å². The summed E-state index contributed by atoms with van der Waals surface area (Å²) < 4.78 is 1.89. The van der Waals surface area contributed by atoms with Gasteiger partial charge in [0.1, 0.15) is 5.69 Å². The predicted molar refractivity (Wildman–Crippen MR) is 97.8 cm³/mol. The van der Waals surface area contributed by atoms with Gasteiger partial charge in [-0.15, -0.1) is 0 Å². The van der Waals surface area contributed by atoms with Crippen molar-refractivity contribution in [1.82, 2.24) is 25.2 Å². The van der Waals surface area contributed by atoms with Crippen LogP contribution in [0.4, 0.5) is 0 Å². The van der Waals surface area contributed by atoms with Gasteiger partial charge < -0.3 is 15.2 Å². The number of nitrogens with one attached hydrogen (secondary N) is 2. The van der Waals surface area contributed by atoms with Crippen molar-refractivity contribution in [3.8, 4) is 0 Å². The van der Waals surface area contributed by atoms with Gasteiger partial charge in [-0.3, -0.25) is 14.6 Å². The van der Waals surface area contributed by atoms with E-state index >= 15 is 0 Å². The molecule has 2 aromatic rings. The summed E-state index contributed by atoms with van der Waals surface area (Å²) in [7, 11) is 0. The Kier molecular flexibility index (Phi) is 5.65. The van der Waals surface area contributed by atoms with E-state index in [0.717, 1.165) is 37.1 Å². The minimum absolute atomic E-state index is 0.0740. The quantitative estimate of drug-likeness (QED) is 0.830. The molecule has 0 aliphatic carbocycles. The van der Waals surface area contributed by atoms with Crippen LogP contribution in [0.25, 0.3) is 0 Å². The largest absolute Gasteiger partial charge is 0.348 e. The van der Waals surface area contributed by atoms with Crippen molar-refractivity contribution in [2.24, 2.45) is 0 Å². The highest BCUT2D eigenvalue weighted by molar-refractivity contribution is 5.97. The highest BCUT2D eigenvalue weighted by atomic mass is 16.2. The molecule has 0 saturated carbocycles. The average molecular weight is 355 g/mol. The molecule has 7 nitrogen and oxygen atoms in total. The molecule has 26 heavy (non-hydrogen) atoms. The summed E-state index contributed by atoms with van der Waals surface area (Å²) in [5.74, 6) is -0.167. The fraction of sp³-hybridized carbons (Fsp3) is 0.474. The van der Waals surface area contributed by atoms with Gasteiger partial charge in [-0.1, -0.05) is 13.0 Å². The van der Waals surface area contributed by atoms with Crippen molar-refractivity contribution in [3.05, 3.63) is 47.3 Å². The molecule has 0 aromatic carbocycles. The highest BCUT2D eigenvalue weighted by Gasteiger charge is 2.27. The van der Waals surface area contributed by atoms with Crippen molar-refractivity contribution in [1.29, 1.82) is 0 Å². The lowest BCUT2D eigenvalue weighted by Crippen LogP contribution is -2.33. The van der Waals surface area contributed by atoms with E-state index in [1.165, 1.54) is 0 Å². The van der Waals surface area contributed by atoms with Crippen LogP contribution in [0, 0.1) is 0 Å². The molecule has 2 amide bonds. The van der Waals surface area contributed by atoms with E-state index in [9.17, 15) is 9.59 Å². The minimum Gasteiger partial charge on any atom is -0.348 e. The summed E-state index contributed by atoms with van der Waals surface area (Å²) >= 11 is 0. The molecule has 1 aliphatic rings. The number of fused-ring (bicyclic) bond motifs is 1. The molecule has 0 saturated heterocycles. The molecule has 0 bridgehead atoms. The van der Waals surface area contributed by atoms with Gasteiger partial charge in [0.2, 0.25) is 0 Å². The molecule has 0 spiro atoms. The Labute approximate surface area is 153 Å². The molecule has 3 heterocycles. The first-order chi connectivity index (χ1) is 12.6. The number of hydrogen-bond acceptors (Lipinski definition) is 4. The third kappa shape index (κ3) is 3.92. The Balaban J connectivity index is 1.80. The van der Waals surface area contributed by atoms with Gasteiger partial charge in [-0.05, 0) is 44.7 Å². The van der Waals surface area contributed by atoms with E-state index in [-0.39, 0.29) is 17.9 Å². The van der Waals surface area contributed by atoms with Gasteiger partial charge in [0.15, 0.2) is 5.82 Å². The summed E-state index contributed by atoms with van der Waals surface area (Å²) in [5.41, 5.74) is 2.02. The monoisotopic (exact) mass is 355 g/mol. The van der Waals surface area contributed by atoms with Gasteiger partial charge in [0.05, 0.1) is 17.9 Å². The first kappa shape index (κ1) is 18.1. The van der Waals surface area contributed by atoms with Crippen molar-refractivity contribution in [3.63, 3.8) is 0 Å². The Hall–Kier alpha value is -2.70. The van der Waals surface area contributed by atoms with E-state index < -0.39 is 0 Å². The number of carbonyl (C=O) groups excluding carboxylic acids is 2. The molecule has 3 rings (SSSR count). The number of rotatable bonds is 6. The summed E-state index contributed by atoms with van der Waals surface area (Å²) in [6, 6.07) is 5.64. The van der Waals surface area contributed by atoms with Crippen LogP contribution >= 0.6 is 0 Å². The zero-order valence-corrected chi connectivity index (χ0v) is 15.3.